The quantitative estimate of drug-likeness (QED) is 0.512. The van der Waals surface area contributed by atoms with Gasteiger partial charge in [-0.2, -0.15) is 4.31 Å². The molecule has 1 atom stereocenters. The van der Waals surface area contributed by atoms with Crippen molar-refractivity contribution < 1.29 is 18.0 Å². The molecule has 1 aromatic rings. The Labute approximate surface area is 199 Å². The van der Waals surface area contributed by atoms with Gasteiger partial charge in [-0.3, -0.25) is 9.59 Å². The molecule has 1 saturated carbocycles. The van der Waals surface area contributed by atoms with E-state index in [1.165, 1.54) is 6.42 Å². The predicted octanol–water partition coefficient (Wildman–Crippen LogP) is 4.40. The van der Waals surface area contributed by atoms with Crippen molar-refractivity contribution in [2.45, 2.75) is 89.0 Å². The van der Waals surface area contributed by atoms with Crippen LogP contribution >= 0.6 is 0 Å². The third kappa shape index (κ3) is 6.57. The number of anilines is 1. The highest BCUT2D eigenvalue weighted by Crippen LogP contribution is 2.29. The second-order valence-electron chi connectivity index (χ2n) is 9.36. The highest BCUT2D eigenvalue weighted by Gasteiger charge is 2.38. The summed E-state index contributed by atoms with van der Waals surface area (Å²) in [5.41, 5.74) is 0.552. The Balaban J connectivity index is 1.61. The topological polar surface area (TPSA) is 86.8 Å². The summed E-state index contributed by atoms with van der Waals surface area (Å²) in [4.78, 5) is 27.4. The lowest BCUT2D eigenvalue weighted by atomic mass is 9.94. The minimum absolute atomic E-state index is 0.0720. The Kier molecular flexibility index (Phi) is 9.32. The summed E-state index contributed by atoms with van der Waals surface area (Å²) in [6.07, 6.45) is 9.36. The lowest BCUT2D eigenvalue weighted by molar-refractivity contribution is -0.130. The molecule has 33 heavy (non-hydrogen) atoms. The Morgan fingerprint density at radius 2 is 1.64 bits per heavy atom. The second kappa shape index (κ2) is 12.0. The van der Waals surface area contributed by atoms with Gasteiger partial charge in [-0.05, 0) is 49.9 Å². The van der Waals surface area contributed by atoms with Crippen LogP contribution in [0.3, 0.4) is 0 Å². The first-order chi connectivity index (χ1) is 15.9. The number of carbonyl (C=O) groups excluding carboxylic acids is 2. The third-order valence-electron chi connectivity index (χ3n) is 6.83. The van der Waals surface area contributed by atoms with Crippen LogP contribution in [0.2, 0.25) is 0 Å². The van der Waals surface area contributed by atoms with E-state index < -0.39 is 10.0 Å². The van der Waals surface area contributed by atoms with Crippen LogP contribution in [0.1, 0.15) is 78.1 Å². The molecule has 0 aromatic heterocycles. The van der Waals surface area contributed by atoms with Crippen LogP contribution in [0.15, 0.2) is 29.2 Å². The molecule has 1 aliphatic heterocycles. The molecule has 2 amide bonds. The van der Waals surface area contributed by atoms with Crippen molar-refractivity contribution in [1.29, 1.82) is 0 Å². The molecule has 0 unspecified atom stereocenters. The average Bonchev–Trinajstić information content (AvgIpc) is 3.21. The van der Waals surface area contributed by atoms with Gasteiger partial charge in [0.15, 0.2) is 0 Å². The van der Waals surface area contributed by atoms with Crippen molar-refractivity contribution in [1.82, 2.24) is 9.21 Å². The molecule has 1 aromatic carbocycles. The Morgan fingerprint density at radius 3 is 2.21 bits per heavy atom. The van der Waals surface area contributed by atoms with Gasteiger partial charge in [0.2, 0.25) is 21.8 Å². The zero-order chi connectivity index (χ0) is 23.8. The summed E-state index contributed by atoms with van der Waals surface area (Å²) in [5, 5.41) is 2.88. The molecule has 184 valence electrons. The van der Waals surface area contributed by atoms with Crippen molar-refractivity contribution >= 4 is 27.5 Å². The van der Waals surface area contributed by atoms with Gasteiger partial charge in [0.05, 0.1) is 10.8 Å². The number of likely N-dealkylation sites (tertiary alicyclic amines) is 1. The fourth-order valence-corrected chi connectivity index (χ4v) is 6.29. The summed E-state index contributed by atoms with van der Waals surface area (Å²) < 4.78 is 27.8. The largest absolute Gasteiger partial charge is 0.339 e. The lowest BCUT2D eigenvalue weighted by Gasteiger charge is -2.31. The molecule has 1 heterocycles. The maximum absolute atomic E-state index is 13.1. The molecule has 1 saturated heterocycles. The monoisotopic (exact) mass is 477 g/mol. The van der Waals surface area contributed by atoms with Crippen LogP contribution in [0.5, 0.6) is 0 Å². The van der Waals surface area contributed by atoms with E-state index in [4.69, 9.17) is 0 Å². The fourth-order valence-electron chi connectivity index (χ4n) is 4.78. The van der Waals surface area contributed by atoms with Gasteiger partial charge in [-0.1, -0.05) is 46.0 Å². The average molecular weight is 478 g/mol. The third-order valence-corrected chi connectivity index (χ3v) is 8.74. The van der Waals surface area contributed by atoms with E-state index in [0.717, 1.165) is 51.4 Å². The first-order valence-corrected chi connectivity index (χ1v) is 14.0. The molecule has 1 aliphatic carbocycles. The van der Waals surface area contributed by atoms with Crippen molar-refractivity contribution in [2.24, 2.45) is 5.92 Å². The number of nitrogens with one attached hydrogen (secondary N) is 1. The maximum Gasteiger partial charge on any atom is 0.243 e. The molecule has 1 N–H and O–H groups in total. The summed E-state index contributed by atoms with van der Waals surface area (Å²) in [6, 6.07) is 6.67. The van der Waals surface area contributed by atoms with E-state index in [1.807, 2.05) is 18.7 Å². The standard InChI is InChI=1S/C25H39N3O4S/c1-3-5-16-27(17-6-4-2)33(31,32)23-14-12-21(13-15-23)26-25(30)20-18-24(29)28(19-20)22-10-8-7-9-11-22/h12-15,20,22H,3-11,16-19H2,1-2H3,(H,26,30)/t20-/m0/s1. The van der Waals surface area contributed by atoms with Crippen LogP contribution in [0.4, 0.5) is 5.69 Å². The number of nitrogens with zero attached hydrogens (tertiary/aromatic N) is 2. The summed E-state index contributed by atoms with van der Waals surface area (Å²) in [7, 11) is -3.56. The zero-order valence-corrected chi connectivity index (χ0v) is 20.9. The second-order valence-corrected chi connectivity index (χ2v) is 11.3. The maximum atomic E-state index is 13.1. The molecule has 2 fully saturated rings. The SMILES string of the molecule is CCCCN(CCCC)S(=O)(=O)c1ccc(NC(=O)[C@H]2CC(=O)N(C3CCCCC3)C2)cc1. The number of benzene rings is 1. The van der Waals surface area contributed by atoms with E-state index in [-0.39, 0.29) is 35.1 Å². The van der Waals surface area contributed by atoms with Gasteiger partial charge >= 0.3 is 0 Å². The minimum Gasteiger partial charge on any atom is -0.339 e. The van der Waals surface area contributed by atoms with Crippen LogP contribution in [-0.4, -0.2) is 55.1 Å². The number of hydrogen-bond acceptors (Lipinski definition) is 4. The van der Waals surface area contributed by atoms with E-state index in [0.29, 0.717) is 25.3 Å². The normalized spacial score (nSPS) is 19.9. The molecule has 8 heteroatoms. The molecular weight excluding hydrogens is 438 g/mol. The van der Waals surface area contributed by atoms with Crippen LogP contribution in [0.25, 0.3) is 0 Å². The molecule has 0 spiro atoms. The van der Waals surface area contributed by atoms with E-state index in [1.54, 1.807) is 28.6 Å². The first-order valence-electron chi connectivity index (χ1n) is 12.6. The van der Waals surface area contributed by atoms with Gasteiger partial charge in [-0.25, -0.2) is 8.42 Å². The zero-order valence-electron chi connectivity index (χ0n) is 20.1. The molecule has 3 rings (SSSR count). The van der Waals surface area contributed by atoms with Crippen molar-refractivity contribution in [2.75, 3.05) is 25.0 Å². The molecule has 2 aliphatic rings. The predicted molar refractivity (Wildman–Crippen MR) is 130 cm³/mol. The van der Waals surface area contributed by atoms with Crippen molar-refractivity contribution in [3.63, 3.8) is 0 Å². The highest BCUT2D eigenvalue weighted by atomic mass is 32.2. The Bertz CT molecular complexity index is 887. The van der Waals surface area contributed by atoms with Crippen molar-refractivity contribution in [3.8, 4) is 0 Å². The van der Waals surface area contributed by atoms with Crippen LogP contribution in [0, 0.1) is 5.92 Å². The fraction of sp³-hybridized carbons (Fsp3) is 0.680. The number of sulfonamides is 1. The summed E-state index contributed by atoms with van der Waals surface area (Å²) in [6.45, 7) is 5.61. The number of amides is 2. The Hall–Kier alpha value is -1.93. The van der Waals surface area contributed by atoms with Gasteiger partial charge in [0, 0.05) is 37.8 Å². The summed E-state index contributed by atoms with van der Waals surface area (Å²) in [5.74, 6) is -0.464. The van der Waals surface area contributed by atoms with E-state index >= 15 is 0 Å². The summed E-state index contributed by atoms with van der Waals surface area (Å²) >= 11 is 0. The number of unbranched alkanes of at least 4 members (excludes halogenated alkanes) is 2. The molecule has 0 radical (unpaired) electrons. The first kappa shape index (κ1) is 25.7. The molecular formula is C25H39N3O4S. The van der Waals surface area contributed by atoms with Gasteiger partial charge in [0.1, 0.15) is 0 Å². The number of rotatable bonds is 11. The van der Waals surface area contributed by atoms with Crippen molar-refractivity contribution in [3.05, 3.63) is 24.3 Å². The molecule has 7 nitrogen and oxygen atoms in total. The molecule has 0 bridgehead atoms. The smallest absolute Gasteiger partial charge is 0.243 e. The highest BCUT2D eigenvalue weighted by molar-refractivity contribution is 7.89. The van der Waals surface area contributed by atoms with Crippen LogP contribution in [-0.2, 0) is 19.6 Å². The van der Waals surface area contributed by atoms with Gasteiger partial charge < -0.3 is 10.2 Å². The number of carbonyl (C=O) groups is 2. The number of hydrogen-bond donors (Lipinski definition) is 1. The van der Waals surface area contributed by atoms with E-state index in [9.17, 15) is 18.0 Å². The van der Waals surface area contributed by atoms with E-state index in [2.05, 4.69) is 5.32 Å². The van der Waals surface area contributed by atoms with Crippen LogP contribution < -0.4 is 5.32 Å². The van der Waals surface area contributed by atoms with Gasteiger partial charge in [0.25, 0.3) is 0 Å². The van der Waals surface area contributed by atoms with Gasteiger partial charge in [-0.15, -0.1) is 0 Å². The Morgan fingerprint density at radius 1 is 1.03 bits per heavy atom. The minimum atomic E-state index is -3.56. The lowest BCUT2D eigenvalue weighted by Crippen LogP contribution is -2.38.